The van der Waals surface area contributed by atoms with E-state index in [1.54, 1.807) is 24.2 Å². The highest BCUT2D eigenvalue weighted by molar-refractivity contribution is 9.10. The van der Waals surface area contributed by atoms with Gasteiger partial charge in [-0.3, -0.25) is 4.79 Å². The number of piperazine rings is 1. The Labute approximate surface area is 137 Å². The van der Waals surface area contributed by atoms with Crippen LogP contribution in [0.15, 0.2) is 16.9 Å². The van der Waals surface area contributed by atoms with Gasteiger partial charge < -0.3 is 15.5 Å². The average Bonchev–Trinajstić information content (AvgIpc) is 2.53. The van der Waals surface area contributed by atoms with Crippen LogP contribution in [0.5, 0.6) is 0 Å². The zero-order chi connectivity index (χ0) is 15.2. The van der Waals surface area contributed by atoms with Gasteiger partial charge in [0.1, 0.15) is 0 Å². The molecule has 0 aliphatic carbocycles. The van der Waals surface area contributed by atoms with E-state index in [4.69, 9.17) is 5.73 Å². The molecule has 8 heteroatoms. The number of hydrogen-bond acceptors (Lipinski definition) is 6. The zero-order valence-corrected chi connectivity index (χ0v) is 14.4. The maximum absolute atomic E-state index is 12.2. The van der Waals surface area contributed by atoms with E-state index >= 15 is 0 Å². The molecule has 1 fully saturated rings. The molecule has 1 saturated heterocycles. The van der Waals surface area contributed by atoms with Gasteiger partial charge in [-0.1, -0.05) is 0 Å². The number of aromatic nitrogens is 2. The third-order valence-electron chi connectivity index (χ3n) is 3.43. The molecule has 1 aromatic rings. The van der Waals surface area contributed by atoms with Gasteiger partial charge in [0.05, 0.1) is 10.5 Å². The molecule has 0 saturated carbocycles. The number of hydrogen-bond donors (Lipinski definition) is 1. The van der Waals surface area contributed by atoms with Crippen LogP contribution in [0.2, 0.25) is 0 Å². The van der Waals surface area contributed by atoms with Crippen molar-refractivity contribution in [1.82, 2.24) is 14.9 Å². The highest BCUT2D eigenvalue weighted by Crippen LogP contribution is 2.14. The number of thioether (sulfide) groups is 1. The summed E-state index contributed by atoms with van der Waals surface area (Å²) in [6, 6.07) is -0.382. The van der Waals surface area contributed by atoms with Crippen LogP contribution in [0.1, 0.15) is 6.42 Å². The van der Waals surface area contributed by atoms with Crippen LogP contribution in [0, 0.1) is 0 Å². The molecule has 1 aliphatic heterocycles. The van der Waals surface area contributed by atoms with E-state index in [0.29, 0.717) is 19.0 Å². The lowest BCUT2D eigenvalue weighted by atomic mass is 10.2. The van der Waals surface area contributed by atoms with Gasteiger partial charge in [0, 0.05) is 38.6 Å². The summed E-state index contributed by atoms with van der Waals surface area (Å²) in [6.45, 7) is 2.82. The molecule has 2 N–H and O–H groups in total. The maximum atomic E-state index is 12.2. The van der Waals surface area contributed by atoms with Crippen molar-refractivity contribution < 1.29 is 4.79 Å². The molecule has 116 valence electrons. The summed E-state index contributed by atoms with van der Waals surface area (Å²) >= 11 is 5.04. The monoisotopic (exact) mass is 373 g/mol. The standard InChI is InChI=1S/C13H20BrN5OS/c1-21-7-2-11(15)12(20)18-3-5-19(6-4-18)13-16-8-10(14)9-17-13/h8-9,11H,2-7,15H2,1H3/t11-/m1/s1. The van der Waals surface area contributed by atoms with Crippen LogP contribution in [0.4, 0.5) is 5.95 Å². The minimum absolute atomic E-state index is 0.0559. The zero-order valence-electron chi connectivity index (χ0n) is 12.0. The number of carbonyl (C=O) groups excluding carboxylic acids is 1. The first-order chi connectivity index (χ1) is 10.1. The van der Waals surface area contributed by atoms with Crippen LogP contribution in [0.25, 0.3) is 0 Å². The average molecular weight is 374 g/mol. The summed E-state index contributed by atoms with van der Waals surface area (Å²) in [5.41, 5.74) is 5.95. The van der Waals surface area contributed by atoms with Gasteiger partial charge >= 0.3 is 0 Å². The normalized spacial score (nSPS) is 16.9. The fourth-order valence-corrected chi connectivity index (χ4v) is 2.89. The topological polar surface area (TPSA) is 75.4 Å². The Morgan fingerprint density at radius 2 is 2.00 bits per heavy atom. The summed E-state index contributed by atoms with van der Waals surface area (Å²) in [6.07, 6.45) is 6.22. The SMILES string of the molecule is CSCC[C@@H](N)C(=O)N1CCN(c2ncc(Br)cn2)CC1. The molecular weight excluding hydrogens is 354 g/mol. The smallest absolute Gasteiger partial charge is 0.239 e. The van der Waals surface area contributed by atoms with Gasteiger partial charge in [-0.25, -0.2) is 9.97 Å². The number of amides is 1. The van der Waals surface area contributed by atoms with Gasteiger partial charge in [-0.05, 0) is 34.4 Å². The molecule has 6 nitrogen and oxygen atoms in total. The quantitative estimate of drug-likeness (QED) is 0.828. The summed E-state index contributed by atoms with van der Waals surface area (Å²) in [5, 5.41) is 0. The number of rotatable bonds is 5. The van der Waals surface area contributed by atoms with E-state index in [1.165, 1.54) is 0 Å². The lowest BCUT2D eigenvalue weighted by Gasteiger charge is -2.35. The summed E-state index contributed by atoms with van der Waals surface area (Å²) < 4.78 is 0.861. The third-order valence-corrected chi connectivity index (χ3v) is 4.48. The van der Waals surface area contributed by atoms with Crippen molar-refractivity contribution in [3.05, 3.63) is 16.9 Å². The number of nitrogens with zero attached hydrogens (tertiary/aromatic N) is 4. The molecule has 0 spiro atoms. The Balaban J connectivity index is 1.85. The van der Waals surface area contributed by atoms with Gasteiger partial charge in [0.25, 0.3) is 0 Å². The van der Waals surface area contributed by atoms with Crippen LogP contribution >= 0.6 is 27.7 Å². The van der Waals surface area contributed by atoms with E-state index in [0.717, 1.165) is 29.7 Å². The first-order valence-corrected chi connectivity index (χ1v) is 9.06. The number of carbonyl (C=O) groups is 1. The maximum Gasteiger partial charge on any atom is 0.239 e. The van der Waals surface area contributed by atoms with Crippen LogP contribution in [0.3, 0.4) is 0 Å². The molecule has 1 amide bonds. The Hall–Kier alpha value is -0.860. The molecule has 1 aromatic heterocycles. The Morgan fingerprint density at radius 1 is 1.38 bits per heavy atom. The molecule has 2 rings (SSSR count). The van der Waals surface area contributed by atoms with Crippen LogP contribution in [-0.4, -0.2) is 65.0 Å². The van der Waals surface area contributed by atoms with Crippen molar-refractivity contribution >= 4 is 39.5 Å². The van der Waals surface area contributed by atoms with Gasteiger partial charge in [0.2, 0.25) is 11.9 Å². The lowest BCUT2D eigenvalue weighted by molar-refractivity contribution is -0.132. The lowest BCUT2D eigenvalue weighted by Crippen LogP contribution is -2.53. The largest absolute Gasteiger partial charge is 0.338 e. The molecular formula is C13H20BrN5OS. The third kappa shape index (κ3) is 4.55. The van der Waals surface area contributed by atoms with Gasteiger partial charge in [-0.2, -0.15) is 11.8 Å². The molecule has 0 bridgehead atoms. The highest BCUT2D eigenvalue weighted by atomic mass is 79.9. The molecule has 1 aliphatic rings. The highest BCUT2D eigenvalue weighted by Gasteiger charge is 2.25. The van der Waals surface area contributed by atoms with Gasteiger partial charge in [-0.15, -0.1) is 0 Å². The molecule has 0 aromatic carbocycles. The Kier molecular flexibility index (Phi) is 6.25. The van der Waals surface area contributed by atoms with E-state index < -0.39 is 0 Å². The van der Waals surface area contributed by atoms with Crippen molar-refractivity contribution in [1.29, 1.82) is 0 Å². The summed E-state index contributed by atoms with van der Waals surface area (Å²) in [5.74, 6) is 1.68. The predicted molar refractivity (Wildman–Crippen MR) is 89.5 cm³/mol. The van der Waals surface area contributed by atoms with Crippen molar-refractivity contribution in [2.75, 3.05) is 43.1 Å². The first kappa shape index (κ1) is 16.5. The number of anilines is 1. The minimum Gasteiger partial charge on any atom is -0.338 e. The van der Waals surface area contributed by atoms with Crippen molar-refractivity contribution in [3.8, 4) is 0 Å². The van der Waals surface area contributed by atoms with E-state index in [9.17, 15) is 4.79 Å². The Bertz CT molecular complexity index is 464. The number of halogens is 1. The van der Waals surface area contributed by atoms with E-state index in [2.05, 4.69) is 30.8 Å². The van der Waals surface area contributed by atoms with Gasteiger partial charge in [0.15, 0.2) is 0 Å². The van der Waals surface area contributed by atoms with E-state index in [-0.39, 0.29) is 11.9 Å². The molecule has 2 heterocycles. The van der Waals surface area contributed by atoms with Crippen LogP contribution in [-0.2, 0) is 4.79 Å². The Morgan fingerprint density at radius 3 is 2.57 bits per heavy atom. The predicted octanol–water partition coefficient (Wildman–Crippen LogP) is 0.968. The van der Waals surface area contributed by atoms with Crippen molar-refractivity contribution in [3.63, 3.8) is 0 Å². The number of nitrogens with two attached hydrogens (primary N) is 1. The van der Waals surface area contributed by atoms with Crippen molar-refractivity contribution in [2.24, 2.45) is 5.73 Å². The molecule has 0 unspecified atom stereocenters. The second-order valence-electron chi connectivity index (χ2n) is 4.90. The summed E-state index contributed by atoms with van der Waals surface area (Å²) in [7, 11) is 0. The van der Waals surface area contributed by atoms with E-state index in [1.807, 2.05) is 11.2 Å². The molecule has 21 heavy (non-hydrogen) atoms. The fourth-order valence-electron chi connectivity index (χ4n) is 2.20. The molecule has 0 radical (unpaired) electrons. The second-order valence-corrected chi connectivity index (χ2v) is 6.80. The van der Waals surface area contributed by atoms with Crippen LogP contribution < -0.4 is 10.6 Å². The fraction of sp³-hybridized carbons (Fsp3) is 0.615. The summed E-state index contributed by atoms with van der Waals surface area (Å²) in [4.78, 5) is 24.7. The van der Waals surface area contributed by atoms with Crippen molar-refractivity contribution in [2.45, 2.75) is 12.5 Å². The first-order valence-electron chi connectivity index (χ1n) is 6.87. The second kappa shape index (κ2) is 7.95. The molecule has 1 atom stereocenters. The minimum atomic E-state index is -0.382.